The summed E-state index contributed by atoms with van der Waals surface area (Å²) in [7, 11) is 1.45. The summed E-state index contributed by atoms with van der Waals surface area (Å²) in [5, 5.41) is 0. The molecule has 2 aromatic rings. The van der Waals surface area contributed by atoms with E-state index in [0.717, 1.165) is 10.6 Å². The zero-order chi connectivity index (χ0) is 13.1. The Hall–Kier alpha value is -1.46. The summed E-state index contributed by atoms with van der Waals surface area (Å²) in [6.07, 6.45) is 0.437. The van der Waals surface area contributed by atoms with Gasteiger partial charge < -0.3 is 10.5 Å². The van der Waals surface area contributed by atoms with Gasteiger partial charge in [-0.15, -0.1) is 11.3 Å². The van der Waals surface area contributed by atoms with E-state index < -0.39 is 0 Å². The van der Waals surface area contributed by atoms with Crippen LogP contribution in [-0.4, -0.2) is 12.1 Å². The molecule has 0 saturated carbocycles. The van der Waals surface area contributed by atoms with Crippen molar-refractivity contribution in [1.29, 1.82) is 0 Å². The lowest BCUT2D eigenvalue weighted by Crippen LogP contribution is -2.14. The van der Waals surface area contributed by atoms with Crippen LogP contribution in [0.15, 0.2) is 23.7 Å². The van der Waals surface area contributed by atoms with Crippen molar-refractivity contribution < 1.29 is 9.13 Å². The maximum absolute atomic E-state index is 14.0. The molecule has 0 aliphatic heterocycles. The first kappa shape index (κ1) is 13.0. The fourth-order valence-corrected chi connectivity index (χ4v) is 2.67. The van der Waals surface area contributed by atoms with Gasteiger partial charge in [0.25, 0.3) is 0 Å². The molecule has 0 aliphatic rings. The van der Waals surface area contributed by atoms with Crippen LogP contribution in [0.1, 0.15) is 22.2 Å². The maximum atomic E-state index is 14.0. The molecule has 18 heavy (non-hydrogen) atoms. The lowest BCUT2D eigenvalue weighted by atomic mass is 10.0. The number of halogens is 1. The molecule has 0 aliphatic carbocycles. The number of methoxy groups -OCH3 is 1. The fourth-order valence-electron chi connectivity index (χ4n) is 1.87. The highest BCUT2D eigenvalue weighted by atomic mass is 32.1. The van der Waals surface area contributed by atoms with E-state index in [1.807, 2.05) is 6.92 Å². The Bertz CT molecular complexity index is 542. The number of nitrogens with zero attached hydrogens (tertiary/aromatic N) is 1. The summed E-state index contributed by atoms with van der Waals surface area (Å²) in [6.45, 7) is 1.91. The third-order valence-corrected chi connectivity index (χ3v) is 3.89. The Morgan fingerprint density at radius 2 is 2.28 bits per heavy atom. The summed E-state index contributed by atoms with van der Waals surface area (Å²) in [5.74, 6) is -0.0849. The fraction of sp³-hybridized carbons (Fsp3) is 0.308. The van der Waals surface area contributed by atoms with Crippen LogP contribution in [0.3, 0.4) is 0 Å². The van der Waals surface area contributed by atoms with Crippen molar-refractivity contribution in [2.45, 2.75) is 19.4 Å². The number of hydrogen-bond donors (Lipinski definition) is 1. The lowest BCUT2D eigenvalue weighted by molar-refractivity contribution is 0.383. The first-order valence-corrected chi connectivity index (χ1v) is 6.48. The average Bonchev–Trinajstić information content (AvgIpc) is 2.78. The van der Waals surface area contributed by atoms with Gasteiger partial charge in [0.05, 0.1) is 18.3 Å². The van der Waals surface area contributed by atoms with Gasteiger partial charge >= 0.3 is 0 Å². The Labute approximate surface area is 109 Å². The van der Waals surface area contributed by atoms with Crippen LogP contribution in [0.5, 0.6) is 5.75 Å². The van der Waals surface area contributed by atoms with Crippen LogP contribution in [0, 0.1) is 12.7 Å². The molecular weight excluding hydrogens is 251 g/mol. The van der Waals surface area contributed by atoms with E-state index in [1.165, 1.54) is 18.4 Å². The van der Waals surface area contributed by atoms with E-state index in [0.29, 0.717) is 12.0 Å². The van der Waals surface area contributed by atoms with Crippen molar-refractivity contribution in [3.05, 3.63) is 45.7 Å². The number of thiazole rings is 1. The van der Waals surface area contributed by atoms with Gasteiger partial charge in [-0.05, 0) is 25.0 Å². The number of rotatable bonds is 4. The highest BCUT2D eigenvalue weighted by Gasteiger charge is 2.16. The third kappa shape index (κ3) is 2.52. The van der Waals surface area contributed by atoms with Gasteiger partial charge in [-0.2, -0.15) is 0 Å². The minimum Gasteiger partial charge on any atom is -0.494 e. The average molecular weight is 266 g/mol. The summed E-state index contributed by atoms with van der Waals surface area (Å²) in [4.78, 5) is 5.15. The zero-order valence-corrected chi connectivity index (χ0v) is 11.1. The smallest absolute Gasteiger partial charge is 0.168 e. The Balaban J connectivity index is 2.22. The SMILES string of the molecule is COc1cccc(CC(N)c2scnc2C)c1F. The molecule has 96 valence electrons. The molecule has 0 bridgehead atoms. The zero-order valence-electron chi connectivity index (χ0n) is 10.3. The molecule has 0 saturated heterocycles. The maximum Gasteiger partial charge on any atom is 0.168 e. The number of aryl methyl sites for hydroxylation is 1. The van der Waals surface area contributed by atoms with Crippen molar-refractivity contribution in [1.82, 2.24) is 4.98 Å². The lowest BCUT2D eigenvalue weighted by Gasteiger charge is -2.12. The molecule has 1 aromatic carbocycles. The van der Waals surface area contributed by atoms with E-state index >= 15 is 0 Å². The first-order chi connectivity index (χ1) is 8.63. The van der Waals surface area contributed by atoms with Crippen molar-refractivity contribution >= 4 is 11.3 Å². The Morgan fingerprint density at radius 3 is 2.89 bits per heavy atom. The predicted octanol–water partition coefficient (Wildman–Crippen LogP) is 2.84. The van der Waals surface area contributed by atoms with E-state index in [-0.39, 0.29) is 17.6 Å². The second-order valence-corrected chi connectivity index (χ2v) is 4.93. The molecule has 5 heteroatoms. The Kier molecular flexibility index (Phi) is 3.93. The standard InChI is InChI=1S/C13H15FN2OS/c1-8-13(18-7-16-8)10(15)6-9-4-3-5-11(17-2)12(9)14/h3-5,7,10H,6,15H2,1-2H3. The topological polar surface area (TPSA) is 48.1 Å². The molecule has 1 heterocycles. The summed E-state index contributed by atoms with van der Waals surface area (Å²) in [6, 6.07) is 4.86. The molecule has 0 radical (unpaired) electrons. The van der Waals surface area contributed by atoms with Crippen LogP contribution in [0.25, 0.3) is 0 Å². The van der Waals surface area contributed by atoms with Crippen LogP contribution in [0.2, 0.25) is 0 Å². The van der Waals surface area contributed by atoms with Crippen molar-refractivity contribution in [2.24, 2.45) is 5.73 Å². The molecule has 1 atom stereocenters. The highest BCUT2D eigenvalue weighted by molar-refractivity contribution is 7.09. The number of nitrogens with two attached hydrogens (primary N) is 1. The van der Waals surface area contributed by atoms with Crippen LogP contribution in [-0.2, 0) is 6.42 Å². The summed E-state index contributed by atoms with van der Waals surface area (Å²) >= 11 is 1.50. The van der Waals surface area contributed by atoms with E-state index in [1.54, 1.807) is 23.7 Å². The summed E-state index contributed by atoms with van der Waals surface area (Å²) in [5.41, 5.74) is 9.33. The second kappa shape index (κ2) is 5.46. The van der Waals surface area contributed by atoms with Crippen LogP contribution >= 0.6 is 11.3 Å². The molecule has 1 aromatic heterocycles. The van der Waals surface area contributed by atoms with Gasteiger partial charge in [0.15, 0.2) is 11.6 Å². The van der Waals surface area contributed by atoms with Crippen LogP contribution in [0.4, 0.5) is 4.39 Å². The van der Waals surface area contributed by atoms with Crippen molar-refractivity contribution in [3.8, 4) is 5.75 Å². The highest BCUT2D eigenvalue weighted by Crippen LogP contribution is 2.26. The first-order valence-electron chi connectivity index (χ1n) is 5.60. The molecule has 3 nitrogen and oxygen atoms in total. The number of ether oxygens (including phenoxy) is 1. The molecule has 1 unspecified atom stereocenters. The number of benzene rings is 1. The molecular formula is C13H15FN2OS. The van der Waals surface area contributed by atoms with E-state index in [9.17, 15) is 4.39 Å². The van der Waals surface area contributed by atoms with Crippen LogP contribution < -0.4 is 10.5 Å². The monoisotopic (exact) mass is 266 g/mol. The third-order valence-electron chi connectivity index (χ3n) is 2.82. The van der Waals surface area contributed by atoms with Gasteiger partial charge in [0, 0.05) is 10.9 Å². The predicted molar refractivity (Wildman–Crippen MR) is 70.4 cm³/mol. The van der Waals surface area contributed by atoms with Crippen molar-refractivity contribution in [3.63, 3.8) is 0 Å². The normalized spacial score (nSPS) is 12.4. The van der Waals surface area contributed by atoms with Crippen molar-refractivity contribution in [2.75, 3.05) is 7.11 Å². The van der Waals surface area contributed by atoms with E-state index in [2.05, 4.69) is 4.98 Å². The van der Waals surface area contributed by atoms with Gasteiger partial charge in [-0.25, -0.2) is 9.37 Å². The second-order valence-electron chi connectivity index (χ2n) is 4.05. The molecule has 2 rings (SSSR count). The molecule has 0 spiro atoms. The van der Waals surface area contributed by atoms with Gasteiger partial charge in [-0.3, -0.25) is 0 Å². The quantitative estimate of drug-likeness (QED) is 0.925. The van der Waals surface area contributed by atoms with Gasteiger partial charge in [0.2, 0.25) is 0 Å². The Morgan fingerprint density at radius 1 is 1.50 bits per heavy atom. The number of hydrogen-bond acceptors (Lipinski definition) is 4. The number of aromatic nitrogens is 1. The summed E-state index contributed by atoms with van der Waals surface area (Å²) < 4.78 is 18.9. The minimum absolute atomic E-state index is 0.237. The minimum atomic E-state index is -0.336. The molecule has 0 fully saturated rings. The molecule has 0 amide bonds. The largest absolute Gasteiger partial charge is 0.494 e. The van der Waals surface area contributed by atoms with E-state index in [4.69, 9.17) is 10.5 Å². The van der Waals surface area contributed by atoms with Gasteiger partial charge in [0.1, 0.15) is 0 Å². The molecule has 2 N–H and O–H groups in total. The van der Waals surface area contributed by atoms with Gasteiger partial charge in [-0.1, -0.05) is 12.1 Å².